The molecule has 1 spiro atoms. The van der Waals surface area contributed by atoms with Crippen LogP contribution in [-0.2, 0) is 20.9 Å². The molecule has 0 atom stereocenters. The molecule has 8 heteroatoms. The van der Waals surface area contributed by atoms with E-state index in [9.17, 15) is 14.0 Å². The van der Waals surface area contributed by atoms with Gasteiger partial charge in [0.1, 0.15) is 12.4 Å². The Balaban J connectivity index is 1.17. The highest BCUT2D eigenvalue weighted by Crippen LogP contribution is 2.42. The van der Waals surface area contributed by atoms with Crippen LogP contribution in [0.5, 0.6) is 0 Å². The second kappa shape index (κ2) is 7.87. The predicted octanol–water partition coefficient (Wildman–Crippen LogP) is 3.27. The van der Waals surface area contributed by atoms with Crippen molar-refractivity contribution >= 4 is 23.6 Å². The second-order valence-corrected chi connectivity index (χ2v) is 8.49. The molecule has 2 saturated heterocycles. The number of ether oxygens (including phenoxy) is 2. The largest absolute Gasteiger partial charge is 0.447 e. The minimum Gasteiger partial charge on any atom is -0.447 e. The quantitative estimate of drug-likeness (QED) is 0.809. The molecule has 6 nitrogen and oxygen atoms in total. The van der Waals surface area contributed by atoms with Gasteiger partial charge in [0.05, 0.1) is 18.2 Å². The number of alkyl carbamates (subject to hydrolysis) is 1. The molecule has 0 bridgehead atoms. The van der Waals surface area contributed by atoms with Gasteiger partial charge in [-0.25, -0.2) is 9.18 Å². The third-order valence-corrected chi connectivity index (χ3v) is 6.31. The summed E-state index contributed by atoms with van der Waals surface area (Å²) in [4.78, 5) is 25.6. The monoisotopic (exact) mass is 410 g/mol. The fraction of sp³-hybridized carbons (Fsp3) is 0.600. The molecule has 1 saturated carbocycles. The molecule has 2 heterocycles. The van der Waals surface area contributed by atoms with Crippen LogP contribution in [0, 0.1) is 11.7 Å². The maximum Gasteiger partial charge on any atom is 0.407 e. The molecule has 0 radical (unpaired) electrons. The van der Waals surface area contributed by atoms with E-state index in [1.807, 2.05) is 4.90 Å². The zero-order valence-corrected chi connectivity index (χ0v) is 16.3. The molecular weight excluding hydrogens is 387 g/mol. The molecule has 0 aromatic heterocycles. The predicted molar refractivity (Wildman–Crippen MR) is 100 cm³/mol. The van der Waals surface area contributed by atoms with Crippen molar-refractivity contribution in [1.29, 1.82) is 0 Å². The molecule has 1 N–H and O–H groups in total. The van der Waals surface area contributed by atoms with Gasteiger partial charge in [0, 0.05) is 24.5 Å². The van der Waals surface area contributed by atoms with Gasteiger partial charge in [-0.3, -0.25) is 4.79 Å². The van der Waals surface area contributed by atoms with Gasteiger partial charge in [0.2, 0.25) is 5.91 Å². The van der Waals surface area contributed by atoms with Gasteiger partial charge >= 0.3 is 6.09 Å². The normalized spacial score (nSPS) is 27.4. The minimum atomic E-state index is -0.360. The van der Waals surface area contributed by atoms with Crippen molar-refractivity contribution in [3.05, 3.63) is 34.6 Å². The van der Waals surface area contributed by atoms with Crippen LogP contribution in [0.2, 0.25) is 5.02 Å². The van der Waals surface area contributed by atoms with Crippen molar-refractivity contribution in [3.8, 4) is 0 Å². The molecule has 3 fully saturated rings. The lowest BCUT2D eigenvalue weighted by molar-refractivity contribution is -0.136. The fourth-order valence-electron chi connectivity index (χ4n) is 4.40. The van der Waals surface area contributed by atoms with E-state index >= 15 is 0 Å². The Hall–Kier alpha value is -1.86. The first-order chi connectivity index (χ1) is 13.4. The number of amides is 2. The lowest BCUT2D eigenvalue weighted by atomic mass is 9.67. The van der Waals surface area contributed by atoms with Crippen LogP contribution < -0.4 is 5.32 Å². The first kappa shape index (κ1) is 19.5. The standard InChI is InChI=1S/C20H24ClFN2O4/c21-17-8-15(22)2-1-14(17)11-27-16-3-5-24(6-4-16)18(25)7-13-9-20(10-13)12-28-19(26)23-20/h1-2,8,13,16H,3-7,9-12H2,(H,23,26)/t13-,20+. The van der Waals surface area contributed by atoms with Gasteiger partial charge in [-0.2, -0.15) is 0 Å². The summed E-state index contributed by atoms with van der Waals surface area (Å²) in [5, 5.41) is 3.23. The van der Waals surface area contributed by atoms with E-state index in [1.54, 1.807) is 6.07 Å². The molecule has 1 aromatic rings. The molecule has 2 aliphatic heterocycles. The Bertz CT molecular complexity index is 761. The minimum absolute atomic E-state index is 0.0722. The van der Waals surface area contributed by atoms with Crippen LogP contribution >= 0.6 is 11.6 Å². The second-order valence-electron chi connectivity index (χ2n) is 8.09. The molecule has 1 aliphatic carbocycles. The topological polar surface area (TPSA) is 67.9 Å². The summed E-state index contributed by atoms with van der Waals surface area (Å²) in [6.45, 7) is 2.11. The average Bonchev–Trinajstić information content (AvgIpc) is 3.03. The first-order valence-electron chi connectivity index (χ1n) is 9.71. The number of piperidine rings is 1. The molecule has 28 heavy (non-hydrogen) atoms. The fourth-order valence-corrected chi connectivity index (χ4v) is 4.62. The number of carbonyl (C=O) groups is 2. The van der Waals surface area contributed by atoms with Crippen LogP contribution in [0.15, 0.2) is 18.2 Å². The smallest absolute Gasteiger partial charge is 0.407 e. The van der Waals surface area contributed by atoms with E-state index < -0.39 is 0 Å². The highest BCUT2D eigenvalue weighted by Gasteiger charge is 2.50. The zero-order valence-electron chi connectivity index (χ0n) is 15.6. The van der Waals surface area contributed by atoms with Crippen LogP contribution in [0.25, 0.3) is 0 Å². The van der Waals surface area contributed by atoms with Crippen LogP contribution in [0.3, 0.4) is 0 Å². The summed E-state index contributed by atoms with van der Waals surface area (Å²) in [5.74, 6) is 0.120. The SMILES string of the molecule is O=C1N[C@]2(CO1)C[C@H](CC(=O)N1CCC(OCc3ccc(F)cc3Cl)CC1)C2. The van der Waals surface area contributed by atoms with E-state index in [0.717, 1.165) is 31.2 Å². The Morgan fingerprint density at radius 3 is 2.75 bits per heavy atom. The zero-order chi connectivity index (χ0) is 19.7. The van der Waals surface area contributed by atoms with Gasteiger partial charge in [-0.05, 0) is 49.3 Å². The van der Waals surface area contributed by atoms with Crippen molar-refractivity contribution in [2.24, 2.45) is 5.92 Å². The maximum atomic E-state index is 13.1. The van der Waals surface area contributed by atoms with Crippen molar-refractivity contribution in [2.45, 2.75) is 50.4 Å². The van der Waals surface area contributed by atoms with Crippen LogP contribution in [0.1, 0.15) is 37.7 Å². The Kier molecular flexibility index (Phi) is 5.47. The first-order valence-corrected chi connectivity index (χ1v) is 10.1. The Morgan fingerprint density at radius 1 is 1.36 bits per heavy atom. The molecular formula is C20H24ClFN2O4. The third kappa shape index (κ3) is 4.25. The number of rotatable bonds is 5. The van der Waals surface area contributed by atoms with Crippen molar-refractivity contribution in [1.82, 2.24) is 10.2 Å². The van der Waals surface area contributed by atoms with E-state index in [1.165, 1.54) is 12.1 Å². The molecule has 0 unspecified atom stereocenters. The Labute approximate surface area is 168 Å². The van der Waals surface area contributed by atoms with Crippen LogP contribution in [0.4, 0.5) is 9.18 Å². The lowest BCUT2D eigenvalue weighted by Gasteiger charge is -2.43. The molecule has 2 amide bonds. The van der Waals surface area contributed by atoms with E-state index in [0.29, 0.717) is 43.7 Å². The van der Waals surface area contributed by atoms with Gasteiger partial charge < -0.3 is 19.7 Å². The summed E-state index contributed by atoms with van der Waals surface area (Å²) in [6.07, 6.45) is 3.42. The van der Waals surface area contributed by atoms with Gasteiger partial charge in [0.15, 0.2) is 0 Å². The van der Waals surface area contributed by atoms with Crippen molar-refractivity contribution < 1.29 is 23.5 Å². The summed E-state index contributed by atoms with van der Waals surface area (Å²) in [7, 11) is 0. The number of halogens is 2. The van der Waals surface area contributed by atoms with E-state index in [4.69, 9.17) is 21.1 Å². The van der Waals surface area contributed by atoms with Crippen molar-refractivity contribution in [3.63, 3.8) is 0 Å². The highest BCUT2D eigenvalue weighted by molar-refractivity contribution is 6.31. The van der Waals surface area contributed by atoms with Gasteiger partial charge in [-0.1, -0.05) is 17.7 Å². The number of hydrogen-bond acceptors (Lipinski definition) is 4. The Morgan fingerprint density at radius 2 is 2.11 bits per heavy atom. The number of nitrogens with zero attached hydrogens (tertiary/aromatic N) is 1. The molecule has 3 aliphatic rings. The molecule has 4 rings (SSSR count). The van der Waals surface area contributed by atoms with Crippen LogP contribution in [-0.4, -0.2) is 48.2 Å². The number of hydrogen-bond donors (Lipinski definition) is 1. The lowest BCUT2D eigenvalue weighted by Crippen LogP contribution is -2.55. The summed E-state index contributed by atoms with van der Waals surface area (Å²) in [5.41, 5.74) is 0.535. The molecule has 1 aromatic carbocycles. The average molecular weight is 411 g/mol. The van der Waals surface area contributed by atoms with E-state index in [2.05, 4.69) is 5.32 Å². The summed E-state index contributed by atoms with van der Waals surface area (Å²) < 4.78 is 24.0. The number of cyclic esters (lactones) is 1. The summed E-state index contributed by atoms with van der Waals surface area (Å²) in [6, 6.07) is 4.30. The molecule has 152 valence electrons. The van der Waals surface area contributed by atoms with E-state index in [-0.39, 0.29) is 29.5 Å². The highest BCUT2D eigenvalue weighted by atomic mass is 35.5. The van der Waals surface area contributed by atoms with Gasteiger partial charge in [-0.15, -0.1) is 0 Å². The maximum absolute atomic E-state index is 13.1. The third-order valence-electron chi connectivity index (χ3n) is 5.95. The number of benzene rings is 1. The number of nitrogens with one attached hydrogen (secondary N) is 1. The van der Waals surface area contributed by atoms with Crippen molar-refractivity contribution in [2.75, 3.05) is 19.7 Å². The number of carbonyl (C=O) groups excluding carboxylic acids is 2. The summed E-state index contributed by atoms with van der Waals surface area (Å²) >= 11 is 6.03. The number of likely N-dealkylation sites (tertiary alicyclic amines) is 1. The van der Waals surface area contributed by atoms with Gasteiger partial charge in [0.25, 0.3) is 0 Å².